The van der Waals surface area contributed by atoms with Crippen LogP contribution in [0.1, 0.15) is 51.4 Å². The molecule has 3 aliphatic carbocycles. The van der Waals surface area contributed by atoms with E-state index in [-0.39, 0.29) is 6.10 Å². The lowest BCUT2D eigenvalue weighted by atomic mass is 9.48. The van der Waals surface area contributed by atoms with E-state index in [0.29, 0.717) is 12.2 Å². The second-order valence-corrected chi connectivity index (χ2v) is 10.4. The van der Waals surface area contributed by atoms with E-state index in [2.05, 4.69) is 0 Å². The van der Waals surface area contributed by atoms with Crippen LogP contribution in [-0.4, -0.2) is 58.8 Å². The summed E-state index contributed by atoms with van der Waals surface area (Å²) in [6.07, 6.45) is 11.9. The molecule has 2 heterocycles. The average molecular weight is 379 g/mol. The lowest BCUT2D eigenvalue weighted by molar-refractivity contribution is -0.924. The minimum absolute atomic E-state index is 0.284. The van der Waals surface area contributed by atoms with Crippen molar-refractivity contribution >= 4 is 0 Å². The molecule has 5 rings (SSSR count). The Morgan fingerprint density at radius 1 is 0.630 bits per heavy atom. The Balaban J connectivity index is 1.45. The first-order valence-electron chi connectivity index (χ1n) is 11.7. The van der Waals surface area contributed by atoms with Crippen molar-refractivity contribution < 1.29 is 19.1 Å². The number of ether oxygens (including phenoxy) is 3. The predicted molar refractivity (Wildman–Crippen MR) is 105 cm³/mol. The van der Waals surface area contributed by atoms with Gasteiger partial charge < -0.3 is 19.1 Å². The molecule has 2 aliphatic heterocycles. The number of hydrogen-bond acceptors (Lipinski definition) is 3. The third-order valence-electron chi connectivity index (χ3n) is 9.70. The first kappa shape index (κ1) is 18.8. The lowest BCUT2D eigenvalue weighted by Crippen LogP contribution is -3.16. The first-order chi connectivity index (χ1) is 13.2. The third-order valence-corrected chi connectivity index (χ3v) is 9.70. The summed E-state index contributed by atoms with van der Waals surface area (Å²) in [7, 11) is 5.71. The molecule has 11 atom stereocenters. The molecule has 0 aromatic heterocycles. The Bertz CT molecular complexity index is 528. The minimum Gasteiger partial charge on any atom is -0.381 e. The SMILES string of the molecule is COC1CCC2C(C1)C1CC(OC)C(OC)CC1C1C[NH+]3CCCC3CC21. The molecule has 27 heavy (non-hydrogen) atoms. The topological polar surface area (TPSA) is 32.1 Å². The maximum absolute atomic E-state index is 5.93. The van der Waals surface area contributed by atoms with Crippen molar-refractivity contribution in [2.24, 2.45) is 35.5 Å². The van der Waals surface area contributed by atoms with Gasteiger partial charge in [0, 0.05) is 46.5 Å². The number of nitrogens with one attached hydrogen (secondary N) is 1. The summed E-state index contributed by atoms with van der Waals surface area (Å²) in [5.74, 6) is 5.36. The Kier molecular flexibility index (Phi) is 5.30. The van der Waals surface area contributed by atoms with Crippen LogP contribution in [0.15, 0.2) is 0 Å². The molecular formula is C23H40NO3+. The standard InChI is InChI=1S/C23H39NO3/c1-25-15-6-7-16-17-9-14-5-4-8-24(14)13-21(17)20-12-23(27-3)22(26-2)11-19(20)18(16)10-15/h14-23H,4-13H2,1-3H3/p+1. The van der Waals surface area contributed by atoms with E-state index in [1.807, 2.05) is 26.2 Å². The molecule has 4 nitrogen and oxygen atoms in total. The van der Waals surface area contributed by atoms with Gasteiger partial charge >= 0.3 is 0 Å². The van der Waals surface area contributed by atoms with E-state index in [9.17, 15) is 0 Å². The molecule has 4 heteroatoms. The maximum atomic E-state index is 5.93. The zero-order chi connectivity index (χ0) is 18.5. The molecule has 1 N–H and O–H groups in total. The highest BCUT2D eigenvalue weighted by atomic mass is 16.5. The van der Waals surface area contributed by atoms with Gasteiger partial charge in [0.2, 0.25) is 0 Å². The van der Waals surface area contributed by atoms with Gasteiger partial charge in [0.1, 0.15) is 0 Å². The van der Waals surface area contributed by atoms with E-state index in [1.54, 1.807) is 0 Å². The van der Waals surface area contributed by atoms with Crippen molar-refractivity contribution in [1.82, 2.24) is 0 Å². The van der Waals surface area contributed by atoms with Crippen LogP contribution < -0.4 is 4.90 Å². The van der Waals surface area contributed by atoms with Crippen LogP contribution in [0.5, 0.6) is 0 Å². The molecule has 11 unspecified atom stereocenters. The number of piperidine rings is 1. The summed E-state index contributed by atoms with van der Waals surface area (Å²) in [6, 6.07) is 0.970. The van der Waals surface area contributed by atoms with E-state index in [4.69, 9.17) is 14.2 Å². The Labute approximate surface area is 165 Å². The van der Waals surface area contributed by atoms with Crippen molar-refractivity contribution in [3.63, 3.8) is 0 Å². The molecule has 2 saturated heterocycles. The van der Waals surface area contributed by atoms with Gasteiger partial charge in [0.05, 0.1) is 37.4 Å². The molecule has 0 bridgehead atoms. The van der Waals surface area contributed by atoms with Crippen molar-refractivity contribution in [2.75, 3.05) is 34.4 Å². The molecule has 0 aromatic carbocycles. The zero-order valence-corrected chi connectivity index (χ0v) is 17.6. The van der Waals surface area contributed by atoms with Gasteiger partial charge in [0.25, 0.3) is 0 Å². The molecular weight excluding hydrogens is 338 g/mol. The van der Waals surface area contributed by atoms with Gasteiger partial charge in [-0.05, 0) is 61.7 Å². The molecule has 0 amide bonds. The van der Waals surface area contributed by atoms with Crippen molar-refractivity contribution in [3.05, 3.63) is 0 Å². The normalized spacial score (nSPS) is 54.6. The van der Waals surface area contributed by atoms with Crippen LogP contribution >= 0.6 is 0 Å². The van der Waals surface area contributed by atoms with Crippen LogP contribution in [0.3, 0.4) is 0 Å². The Morgan fingerprint density at radius 3 is 2.00 bits per heavy atom. The summed E-state index contributed by atoms with van der Waals surface area (Å²) in [4.78, 5) is 1.95. The largest absolute Gasteiger partial charge is 0.381 e. The zero-order valence-electron chi connectivity index (χ0n) is 17.6. The van der Waals surface area contributed by atoms with Crippen LogP contribution in [0, 0.1) is 35.5 Å². The third kappa shape index (κ3) is 3.10. The number of hydrogen-bond donors (Lipinski definition) is 1. The molecule has 5 fully saturated rings. The number of rotatable bonds is 3. The molecule has 0 spiro atoms. The monoisotopic (exact) mass is 378 g/mol. The van der Waals surface area contributed by atoms with Crippen LogP contribution in [0.2, 0.25) is 0 Å². The van der Waals surface area contributed by atoms with Crippen molar-refractivity contribution in [1.29, 1.82) is 0 Å². The highest BCUT2D eigenvalue weighted by molar-refractivity contribution is 5.05. The summed E-state index contributed by atoms with van der Waals surface area (Å²) in [6.45, 7) is 2.88. The molecule has 0 aromatic rings. The Hall–Kier alpha value is -0.160. The molecule has 5 aliphatic rings. The van der Waals surface area contributed by atoms with Crippen LogP contribution in [-0.2, 0) is 14.2 Å². The van der Waals surface area contributed by atoms with Crippen molar-refractivity contribution in [3.8, 4) is 0 Å². The summed E-state index contributed by atoms with van der Waals surface area (Å²) in [5.41, 5.74) is 0. The Morgan fingerprint density at radius 2 is 1.30 bits per heavy atom. The van der Waals surface area contributed by atoms with E-state index < -0.39 is 0 Å². The maximum Gasteiger partial charge on any atom is 0.0879 e. The summed E-state index contributed by atoms with van der Waals surface area (Å²) in [5, 5.41) is 0. The molecule has 0 radical (unpaired) electrons. The van der Waals surface area contributed by atoms with Crippen LogP contribution in [0.25, 0.3) is 0 Å². The second kappa shape index (κ2) is 7.59. The minimum atomic E-state index is 0.284. The molecule has 3 saturated carbocycles. The second-order valence-electron chi connectivity index (χ2n) is 10.4. The van der Waals surface area contributed by atoms with Gasteiger partial charge in [-0.3, -0.25) is 0 Å². The number of quaternary nitrogens is 1. The highest BCUT2D eigenvalue weighted by Crippen LogP contribution is 2.58. The van der Waals surface area contributed by atoms with Gasteiger partial charge in [-0.2, -0.15) is 0 Å². The van der Waals surface area contributed by atoms with Crippen LogP contribution in [0.4, 0.5) is 0 Å². The fraction of sp³-hybridized carbons (Fsp3) is 1.00. The smallest absolute Gasteiger partial charge is 0.0879 e. The summed E-state index contributed by atoms with van der Waals surface area (Å²) >= 11 is 0. The number of methoxy groups -OCH3 is 3. The highest BCUT2D eigenvalue weighted by Gasteiger charge is 2.58. The van der Waals surface area contributed by atoms with E-state index in [0.717, 1.165) is 41.5 Å². The average Bonchev–Trinajstić information content (AvgIpc) is 3.18. The van der Waals surface area contributed by atoms with Gasteiger partial charge in [-0.25, -0.2) is 0 Å². The quantitative estimate of drug-likeness (QED) is 0.817. The van der Waals surface area contributed by atoms with Gasteiger partial charge in [-0.1, -0.05) is 0 Å². The fourth-order valence-electron chi connectivity index (χ4n) is 8.55. The van der Waals surface area contributed by atoms with Gasteiger partial charge in [-0.15, -0.1) is 0 Å². The van der Waals surface area contributed by atoms with E-state index in [1.165, 1.54) is 64.5 Å². The van der Waals surface area contributed by atoms with Gasteiger partial charge in [0.15, 0.2) is 0 Å². The fourth-order valence-corrected chi connectivity index (χ4v) is 8.55. The summed E-state index contributed by atoms with van der Waals surface area (Å²) < 4.78 is 17.7. The first-order valence-corrected chi connectivity index (χ1v) is 11.7. The van der Waals surface area contributed by atoms with Crippen molar-refractivity contribution in [2.45, 2.75) is 75.7 Å². The lowest BCUT2D eigenvalue weighted by Gasteiger charge is -2.60. The van der Waals surface area contributed by atoms with E-state index >= 15 is 0 Å². The molecule has 154 valence electrons. The predicted octanol–water partition coefficient (Wildman–Crippen LogP) is 2.17. The number of fused-ring (bicyclic) bond motifs is 7.